The second-order valence-corrected chi connectivity index (χ2v) is 6.46. The maximum atomic E-state index is 6.19. The third-order valence-corrected chi connectivity index (χ3v) is 4.79. The Balaban J connectivity index is 2.51. The zero-order chi connectivity index (χ0) is 14.7. The molecule has 0 saturated heterocycles. The van der Waals surface area contributed by atoms with Gasteiger partial charge >= 0.3 is 0 Å². The molecule has 0 aliphatic rings. The van der Waals surface area contributed by atoms with E-state index in [-0.39, 0.29) is 6.04 Å². The summed E-state index contributed by atoms with van der Waals surface area (Å²) in [4.78, 5) is 0. The molecule has 0 amide bonds. The van der Waals surface area contributed by atoms with Crippen LogP contribution in [0.1, 0.15) is 17.2 Å². The molecule has 2 nitrogen and oxygen atoms in total. The minimum atomic E-state index is 0.00745. The number of hydrogen-bond donors (Lipinski definition) is 1. The van der Waals surface area contributed by atoms with Gasteiger partial charge in [0.1, 0.15) is 5.75 Å². The van der Waals surface area contributed by atoms with Crippen molar-refractivity contribution in [2.24, 2.45) is 0 Å². The summed E-state index contributed by atoms with van der Waals surface area (Å²) in [5.41, 5.74) is 2.14. The summed E-state index contributed by atoms with van der Waals surface area (Å²) >= 11 is 13.1. The van der Waals surface area contributed by atoms with E-state index in [0.29, 0.717) is 5.02 Å². The highest BCUT2D eigenvalue weighted by Crippen LogP contribution is 2.34. The van der Waals surface area contributed by atoms with Crippen molar-refractivity contribution in [1.82, 2.24) is 5.32 Å². The average Bonchev–Trinajstić information content (AvgIpc) is 2.44. The van der Waals surface area contributed by atoms with Crippen molar-refractivity contribution >= 4 is 43.5 Å². The highest BCUT2D eigenvalue weighted by Gasteiger charge is 2.17. The van der Waals surface area contributed by atoms with E-state index in [1.165, 1.54) is 0 Å². The fourth-order valence-electron chi connectivity index (χ4n) is 2.12. The second kappa shape index (κ2) is 6.94. The Kier molecular flexibility index (Phi) is 5.49. The number of rotatable bonds is 4. The lowest BCUT2D eigenvalue weighted by atomic mass is 9.98. The van der Waals surface area contributed by atoms with E-state index >= 15 is 0 Å². The maximum Gasteiger partial charge on any atom is 0.124 e. The van der Waals surface area contributed by atoms with Gasteiger partial charge < -0.3 is 10.1 Å². The van der Waals surface area contributed by atoms with Gasteiger partial charge in [-0.2, -0.15) is 0 Å². The molecular weight excluding hydrogens is 405 g/mol. The van der Waals surface area contributed by atoms with Crippen LogP contribution in [0.15, 0.2) is 45.3 Å². The molecule has 2 aromatic rings. The Labute approximate surface area is 140 Å². The van der Waals surface area contributed by atoms with E-state index in [0.717, 1.165) is 25.8 Å². The van der Waals surface area contributed by atoms with E-state index < -0.39 is 0 Å². The van der Waals surface area contributed by atoms with Crippen LogP contribution >= 0.6 is 43.5 Å². The van der Waals surface area contributed by atoms with Gasteiger partial charge in [-0.3, -0.25) is 0 Å². The van der Waals surface area contributed by atoms with Crippen LogP contribution in [-0.2, 0) is 0 Å². The molecule has 0 fully saturated rings. The minimum absolute atomic E-state index is 0.00745. The first kappa shape index (κ1) is 15.8. The third-order valence-electron chi connectivity index (χ3n) is 3.07. The number of hydrogen-bond acceptors (Lipinski definition) is 2. The monoisotopic (exact) mass is 417 g/mol. The van der Waals surface area contributed by atoms with Gasteiger partial charge in [0.25, 0.3) is 0 Å². The summed E-state index contributed by atoms with van der Waals surface area (Å²) in [5, 5.41) is 4.00. The molecule has 0 aliphatic carbocycles. The minimum Gasteiger partial charge on any atom is -0.496 e. The van der Waals surface area contributed by atoms with Gasteiger partial charge in [0.05, 0.1) is 18.2 Å². The third kappa shape index (κ3) is 3.37. The van der Waals surface area contributed by atoms with E-state index in [9.17, 15) is 0 Å². The molecule has 0 heterocycles. The summed E-state index contributed by atoms with van der Waals surface area (Å²) in [5.74, 6) is 0.839. The van der Waals surface area contributed by atoms with Gasteiger partial charge in [0.2, 0.25) is 0 Å². The lowest BCUT2D eigenvalue weighted by Crippen LogP contribution is -2.18. The van der Waals surface area contributed by atoms with Crippen LogP contribution in [0.25, 0.3) is 0 Å². The van der Waals surface area contributed by atoms with E-state index in [1.54, 1.807) is 7.11 Å². The Morgan fingerprint density at radius 3 is 2.50 bits per heavy atom. The van der Waals surface area contributed by atoms with E-state index in [4.69, 9.17) is 16.3 Å². The first-order valence-electron chi connectivity index (χ1n) is 6.02. The lowest BCUT2D eigenvalue weighted by Gasteiger charge is -2.20. The molecule has 106 valence electrons. The van der Waals surface area contributed by atoms with E-state index in [2.05, 4.69) is 43.2 Å². The molecule has 0 saturated carbocycles. The molecule has 2 rings (SSSR count). The van der Waals surface area contributed by atoms with Crippen molar-refractivity contribution in [3.63, 3.8) is 0 Å². The molecule has 0 bridgehead atoms. The number of nitrogens with one attached hydrogen (secondary N) is 1. The maximum absolute atomic E-state index is 6.19. The molecule has 0 aliphatic heterocycles. The quantitative estimate of drug-likeness (QED) is 0.737. The molecule has 20 heavy (non-hydrogen) atoms. The SMILES string of the molecule is CNC(c1ccc(Br)c(Cl)c1)c1cc(Br)ccc1OC. The van der Waals surface area contributed by atoms with Crippen LogP contribution in [0.3, 0.4) is 0 Å². The van der Waals surface area contributed by atoms with Gasteiger partial charge in [-0.1, -0.05) is 33.6 Å². The fraction of sp³-hybridized carbons (Fsp3) is 0.200. The molecule has 2 aromatic carbocycles. The average molecular weight is 420 g/mol. The summed E-state index contributed by atoms with van der Waals surface area (Å²) in [7, 11) is 3.59. The van der Waals surface area contributed by atoms with Crippen molar-refractivity contribution in [1.29, 1.82) is 0 Å². The Bertz CT molecular complexity index is 619. The van der Waals surface area contributed by atoms with Crippen LogP contribution in [0.4, 0.5) is 0 Å². The molecule has 1 atom stereocenters. The number of methoxy groups -OCH3 is 1. The van der Waals surface area contributed by atoms with Crippen molar-refractivity contribution in [3.05, 3.63) is 61.5 Å². The van der Waals surface area contributed by atoms with Crippen LogP contribution in [0.2, 0.25) is 5.02 Å². The standard InChI is InChI=1S/C15H14Br2ClNO/c1-19-15(9-3-5-12(17)13(18)7-9)11-8-10(16)4-6-14(11)20-2/h3-8,15,19H,1-2H3. The first-order chi connectivity index (χ1) is 9.56. The lowest BCUT2D eigenvalue weighted by molar-refractivity contribution is 0.405. The normalized spacial score (nSPS) is 12.2. The molecule has 1 unspecified atom stereocenters. The summed E-state index contributed by atoms with van der Waals surface area (Å²) in [6.45, 7) is 0. The molecule has 1 N–H and O–H groups in total. The predicted octanol–water partition coefficient (Wildman–Crippen LogP) is 5.18. The number of ether oxygens (including phenoxy) is 1. The zero-order valence-corrected chi connectivity index (χ0v) is 15.0. The highest BCUT2D eigenvalue weighted by molar-refractivity contribution is 9.10. The Morgan fingerprint density at radius 1 is 1.15 bits per heavy atom. The van der Waals surface area contributed by atoms with Crippen molar-refractivity contribution in [2.45, 2.75) is 6.04 Å². The highest BCUT2D eigenvalue weighted by atomic mass is 79.9. The molecular formula is C15H14Br2ClNO. The van der Waals surface area contributed by atoms with Gasteiger partial charge in [0, 0.05) is 14.5 Å². The van der Waals surface area contributed by atoms with E-state index in [1.807, 2.05) is 37.4 Å². The topological polar surface area (TPSA) is 21.3 Å². The molecule has 0 spiro atoms. The first-order valence-corrected chi connectivity index (χ1v) is 7.99. The Morgan fingerprint density at radius 2 is 1.90 bits per heavy atom. The molecule has 5 heteroatoms. The fourth-order valence-corrected chi connectivity index (χ4v) is 2.94. The van der Waals surface area contributed by atoms with Gasteiger partial charge in [-0.25, -0.2) is 0 Å². The van der Waals surface area contributed by atoms with Crippen molar-refractivity contribution in [2.75, 3.05) is 14.2 Å². The van der Waals surface area contributed by atoms with Gasteiger partial charge in [-0.15, -0.1) is 0 Å². The predicted molar refractivity (Wildman–Crippen MR) is 90.7 cm³/mol. The number of benzene rings is 2. The van der Waals surface area contributed by atoms with Crippen LogP contribution < -0.4 is 10.1 Å². The summed E-state index contributed by atoms with van der Waals surface area (Å²) in [6.07, 6.45) is 0. The molecule has 0 aromatic heterocycles. The smallest absolute Gasteiger partial charge is 0.124 e. The van der Waals surface area contributed by atoms with Gasteiger partial charge in [-0.05, 0) is 58.9 Å². The van der Waals surface area contributed by atoms with Crippen molar-refractivity contribution < 1.29 is 4.74 Å². The van der Waals surface area contributed by atoms with Crippen LogP contribution in [-0.4, -0.2) is 14.2 Å². The number of halogens is 3. The summed E-state index contributed by atoms with van der Waals surface area (Å²) < 4.78 is 7.35. The van der Waals surface area contributed by atoms with Crippen molar-refractivity contribution in [3.8, 4) is 5.75 Å². The largest absolute Gasteiger partial charge is 0.496 e. The zero-order valence-electron chi connectivity index (χ0n) is 11.1. The van der Waals surface area contributed by atoms with Crippen LogP contribution in [0, 0.1) is 0 Å². The van der Waals surface area contributed by atoms with Crippen LogP contribution in [0.5, 0.6) is 5.75 Å². The molecule has 0 radical (unpaired) electrons. The second-order valence-electron chi connectivity index (χ2n) is 4.28. The van der Waals surface area contributed by atoms with Gasteiger partial charge in [0.15, 0.2) is 0 Å². The Hall–Kier alpha value is -0.550. The summed E-state index contributed by atoms with van der Waals surface area (Å²) in [6, 6.07) is 11.9.